The first-order valence-corrected chi connectivity index (χ1v) is 13.5. The molecule has 2 heterocycles. The van der Waals surface area contributed by atoms with Crippen molar-refractivity contribution in [2.24, 2.45) is 0 Å². The molecule has 0 bridgehead atoms. The number of carbonyl (C=O) groups excluding carboxylic acids is 1. The van der Waals surface area contributed by atoms with Gasteiger partial charge in [-0.3, -0.25) is 4.79 Å². The lowest BCUT2D eigenvalue weighted by Gasteiger charge is -2.34. The van der Waals surface area contributed by atoms with E-state index < -0.39 is 10.0 Å². The summed E-state index contributed by atoms with van der Waals surface area (Å²) in [5, 5.41) is 0.997. The molecule has 1 aliphatic heterocycles. The van der Waals surface area contributed by atoms with Crippen LogP contribution < -0.4 is 4.90 Å². The lowest BCUT2D eigenvalue weighted by Crippen LogP contribution is -2.48. The van der Waals surface area contributed by atoms with Crippen molar-refractivity contribution in [3.05, 3.63) is 53.1 Å². The maximum Gasteiger partial charge on any atom is 0.253 e. The summed E-state index contributed by atoms with van der Waals surface area (Å²) in [6, 6.07) is 10.6. The van der Waals surface area contributed by atoms with Gasteiger partial charge in [0.25, 0.3) is 5.91 Å². The molecule has 0 N–H and O–H groups in total. The molecule has 0 spiro atoms. The number of aryl methyl sites for hydroxylation is 2. The molecule has 1 aliphatic rings. The van der Waals surface area contributed by atoms with E-state index >= 15 is 0 Å². The van der Waals surface area contributed by atoms with Gasteiger partial charge in [-0.1, -0.05) is 31.3 Å². The number of hydrogen-bond donors (Lipinski definition) is 0. The average Bonchev–Trinajstić information content (AvgIpc) is 3.24. The summed E-state index contributed by atoms with van der Waals surface area (Å²) in [6.45, 7) is 11.3. The van der Waals surface area contributed by atoms with E-state index in [1.54, 1.807) is 23.5 Å². The van der Waals surface area contributed by atoms with Gasteiger partial charge in [0.05, 0.1) is 15.1 Å². The summed E-state index contributed by atoms with van der Waals surface area (Å²) in [5.74, 6) is -0.0720. The van der Waals surface area contributed by atoms with Gasteiger partial charge >= 0.3 is 0 Å². The molecule has 0 radical (unpaired) electrons. The van der Waals surface area contributed by atoms with Gasteiger partial charge in [-0.15, -0.1) is 0 Å². The van der Waals surface area contributed by atoms with Crippen molar-refractivity contribution in [2.75, 3.05) is 44.2 Å². The van der Waals surface area contributed by atoms with E-state index in [2.05, 4.69) is 30.9 Å². The van der Waals surface area contributed by atoms with Crippen LogP contribution in [0.3, 0.4) is 0 Å². The standard InChI is InChI=1S/C24H30N4O3S2/c1-5-28(6-2)33(30,31)20-9-7-19(8-10-20)23(29)26-11-13-27(14-12-26)24-25-21-16-17(3)15-18(4)22(21)32-24/h7-10,15-16H,5-6,11-14H2,1-4H3. The van der Waals surface area contributed by atoms with Crippen molar-refractivity contribution in [2.45, 2.75) is 32.6 Å². The van der Waals surface area contributed by atoms with E-state index in [0.717, 1.165) is 23.7 Å². The lowest BCUT2D eigenvalue weighted by atomic mass is 10.1. The second-order valence-electron chi connectivity index (χ2n) is 8.32. The molecule has 9 heteroatoms. The third-order valence-corrected chi connectivity index (χ3v) is 9.42. The van der Waals surface area contributed by atoms with Crippen molar-refractivity contribution in [1.82, 2.24) is 14.2 Å². The molecule has 33 heavy (non-hydrogen) atoms. The summed E-state index contributed by atoms with van der Waals surface area (Å²) >= 11 is 1.71. The molecule has 7 nitrogen and oxygen atoms in total. The summed E-state index contributed by atoms with van der Waals surface area (Å²) in [5.41, 5.74) is 4.00. The molecule has 176 valence electrons. The Labute approximate surface area is 199 Å². The molecule has 3 aromatic rings. The number of benzene rings is 2. The van der Waals surface area contributed by atoms with Crippen molar-refractivity contribution in [1.29, 1.82) is 0 Å². The van der Waals surface area contributed by atoms with E-state index in [1.807, 2.05) is 18.7 Å². The Morgan fingerprint density at radius 2 is 1.67 bits per heavy atom. The Morgan fingerprint density at radius 1 is 1.03 bits per heavy atom. The fourth-order valence-corrected chi connectivity index (χ4v) is 6.79. The number of amides is 1. The minimum absolute atomic E-state index is 0.0720. The number of carbonyl (C=O) groups is 1. The van der Waals surface area contributed by atoms with Gasteiger partial charge in [0, 0.05) is 44.8 Å². The Bertz CT molecular complexity index is 1260. The number of hydrogen-bond acceptors (Lipinski definition) is 6. The molecule has 1 aromatic heterocycles. The molecule has 0 saturated carbocycles. The minimum Gasteiger partial charge on any atom is -0.345 e. The maximum absolute atomic E-state index is 13.0. The van der Waals surface area contributed by atoms with Crippen LogP contribution >= 0.6 is 11.3 Å². The Hall–Kier alpha value is -2.49. The van der Waals surface area contributed by atoms with Crippen LogP contribution in [0.15, 0.2) is 41.3 Å². The van der Waals surface area contributed by atoms with Gasteiger partial charge in [-0.05, 0) is 55.3 Å². The molecule has 1 amide bonds. The number of thiazole rings is 1. The maximum atomic E-state index is 13.0. The van der Waals surface area contributed by atoms with Crippen LogP contribution in [-0.2, 0) is 10.0 Å². The van der Waals surface area contributed by atoms with E-state index in [1.165, 1.54) is 32.3 Å². The first-order valence-electron chi connectivity index (χ1n) is 11.3. The molecule has 0 unspecified atom stereocenters. The molecule has 2 aromatic carbocycles. The van der Waals surface area contributed by atoms with Crippen LogP contribution in [-0.4, -0.2) is 67.8 Å². The van der Waals surface area contributed by atoms with Crippen molar-refractivity contribution >= 4 is 42.6 Å². The number of piperazine rings is 1. The summed E-state index contributed by atoms with van der Waals surface area (Å²) in [4.78, 5) is 22.1. The SMILES string of the molecule is CCN(CC)S(=O)(=O)c1ccc(C(=O)N2CCN(c3nc4cc(C)cc(C)c4s3)CC2)cc1. The second kappa shape index (κ2) is 9.40. The van der Waals surface area contributed by atoms with Gasteiger partial charge in [-0.2, -0.15) is 4.31 Å². The molecule has 0 aliphatic carbocycles. The van der Waals surface area contributed by atoms with Crippen molar-refractivity contribution in [3.63, 3.8) is 0 Å². The van der Waals surface area contributed by atoms with E-state index in [0.29, 0.717) is 31.7 Å². The number of aromatic nitrogens is 1. The number of sulfonamides is 1. The zero-order chi connectivity index (χ0) is 23.8. The van der Waals surface area contributed by atoms with Crippen LogP contribution in [0.5, 0.6) is 0 Å². The predicted octanol–water partition coefficient (Wildman–Crippen LogP) is 3.91. The largest absolute Gasteiger partial charge is 0.345 e. The summed E-state index contributed by atoms with van der Waals surface area (Å²) < 4.78 is 28.0. The number of fused-ring (bicyclic) bond motifs is 1. The van der Waals surface area contributed by atoms with Gasteiger partial charge in [0.1, 0.15) is 0 Å². The zero-order valence-corrected chi connectivity index (χ0v) is 21.2. The first-order chi connectivity index (χ1) is 15.7. The van der Waals surface area contributed by atoms with Gasteiger partial charge < -0.3 is 9.80 Å². The lowest BCUT2D eigenvalue weighted by molar-refractivity contribution is 0.0746. The molecular formula is C24H30N4O3S2. The number of anilines is 1. The number of nitrogens with zero attached hydrogens (tertiary/aromatic N) is 4. The van der Waals surface area contributed by atoms with Gasteiger partial charge in [-0.25, -0.2) is 13.4 Å². The minimum atomic E-state index is -3.53. The predicted molar refractivity (Wildman–Crippen MR) is 134 cm³/mol. The summed E-state index contributed by atoms with van der Waals surface area (Å²) in [6.07, 6.45) is 0. The van der Waals surface area contributed by atoms with Crippen LogP contribution in [0.1, 0.15) is 35.3 Å². The molecule has 1 fully saturated rings. The highest BCUT2D eigenvalue weighted by Crippen LogP contribution is 2.32. The fraction of sp³-hybridized carbons (Fsp3) is 0.417. The third-order valence-electron chi connectivity index (χ3n) is 6.09. The third kappa shape index (κ3) is 4.62. The first kappa shape index (κ1) is 23.7. The normalized spacial score (nSPS) is 14.9. The second-order valence-corrected chi connectivity index (χ2v) is 11.2. The smallest absolute Gasteiger partial charge is 0.253 e. The fourth-order valence-electron chi connectivity index (χ4n) is 4.27. The van der Waals surface area contributed by atoms with Crippen LogP contribution in [0.4, 0.5) is 5.13 Å². The van der Waals surface area contributed by atoms with Crippen LogP contribution in [0.2, 0.25) is 0 Å². The van der Waals surface area contributed by atoms with E-state index in [-0.39, 0.29) is 10.8 Å². The highest BCUT2D eigenvalue weighted by atomic mass is 32.2. The quantitative estimate of drug-likeness (QED) is 0.528. The topological polar surface area (TPSA) is 73.8 Å². The Kier molecular flexibility index (Phi) is 6.74. The van der Waals surface area contributed by atoms with Gasteiger partial charge in [0.2, 0.25) is 10.0 Å². The zero-order valence-electron chi connectivity index (χ0n) is 19.5. The highest BCUT2D eigenvalue weighted by molar-refractivity contribution is 7.89. The highest BCUT2D eigenvalue weighted by Gasteiger charge is 2.26. The van der Waals surface area contributed by atoms with Crippen molar-refractivity contribution < 1.29 is 13.2 Å². The van der Waals surface area contributed by atoms with Crippen LogP contribution in [0.25, 0.3) is 10.2 Å². The van der Waals surface area contributed by atoms with Crippen LogP contribution in [0, 0.1) is 13.8 Å². The number of rotatable bonds is 6. The molecule has 4 rings (SSSR count). The van der Waals surface area contributed by atoms with E-state index in [9.17, 15) is 13.2 Å². The monoisotopic (exact) mass is 486 g/mol. The van der Waals surface area contributed by atoms with Crippen molar-refractivity contribution in [3.8, 4) is 0 Å². The van der Waals surface area contributed by atoms with E-state index in [4.69, 9.17) is 4.98 Å². The molecular weight excluding hydrogens is 456 g/mol. The Morgan fingerprint density at radius 3 is 2.27 bits per heavy atom. The summed E-state index contributed by atoms with van der Waals surface area (Å²) in [7, 11) is -3.53. The van der Waals surface area contributed by atoms with Gasteiger partial charge in [0.15, 0.2) is 5.13 Å². The Balaban J connectivity index is 1.43. The molecule has 0 atom stereocenters. The molecule has 1 saturated heterocycles. The average molecular weight is 487 g/mol.